The molecule has 0 fully saturated rings. The molecule has 0 aliphatic carbocycles. The van der Waals surface area contributed by atoms with E-state index in [1.54, 1.807) is 31.2 Å². The van der Waals surface area contributed by atoms with Crippen LogP contribution in [0.4, 0.5) is 13.2 Å². The van der Waals surface area contributed by atoms with Gasteiger partial charge in [-0.05, 0) is 25.1 Å². The monoisotopic (exact) mass is 261 g/mol. The quantitative estimate of drug-likeness (QED) is 0.879. The number of para-hydroxylation sites is 1. The number of benzene rings is 1. The van der Waals surface area contributed by atoms with Crippen molar-refractivity contribution in [3.63, 3.8) is 0 Å². The van der Waals surface area contributed by atoms with E-state index in [4.69, 9.17) is 4.74 Å². The first-order chi connectivity index (χ1) is 8.34. The first-order valence-corrected chi connectivity index (χ1v) is 5.77. The Kier molecular flexibility index (Phi) is 4.62. The molecule has 0 aliphatic rings. The van der Waals surface area contributed by atoms with Gasteiger partial charge in [-0.15, -0.1) is 0 Å². The fourth-order valence-electron chi connectivity index (χ4n) is 1.88. The van der Waals surface area contributed by atoms with Gasteiger partial charge in [0.2, 0.25) is 0 Å². The van der Waals surface area contributed by atoms with Gasteiger partial charge in [0, 0.05) is 6.42 Å². The van der Waals surface area contributed by atoms with E-state index >= 15 is 0 Å². The van der Waals surface area contributed by atoms with Crippen LogP contribution in [0, 0.1) is 0 Å². The molecule has 1 aromatic rings. The summed E-state index contributed by atoms with van der Waals surface area (Å²) in [5, 5.41) is 2.52. The number of alkyl halides is 3. The van der Waals surface area contributed by atoms with Gasteiger partial charge in [0.05, 0.1) is 7.11 Å². The van der Waals surface area contributed by atoms with Crippen LogP contribution < -0.4 is 10.1 Å². The van der Waals surface area contributed by atoms with Crippen LogP contribution in [0.5, 0.6) is 5.75 Å². The number of methoxy groups -OCH3 is 1. The molecule has 0 aliphatic heterocycles. The lowest BCUT2D eigenvalue weighted by Gasteiger charge is -2.33. The highest BCUT2D eigenvalue weighted by atomic mass is 19.4. The normalized spacial score (nSPS) is 15.2. The molecule has 0 radical (unpaired) electrons. The molecular weight excluding hydrogens is 243 g/mol. The van der Waals surface area contributed by atoms with Crippen LogP contribution in [0.1, 0.15) is 19.4 Å². The van der Waals surface area contributed by atoms with Crippen molar-refractivity contribution in [3.05, 3.63) is 29.8 Å². The highest BCUT2D eigenvalue weighted by Gasteiger charge is 2.50. The molecule has 1 atom stereocenters. The molecule has 0 spiro atoms. The minimum Gasteiger partial charge on any atom is -0.496 e. The Morgan fingerprint density at radius 1 is 1.22 bits per heavy atom. The second-order valence-electron chi connectivity index (χ2n) is 4.35. The van der Waals surface area contributed by atoms with Gasteiger partial charge in [0.1, 0.15) is 11.3 Å². The molecule has 1 N–H and O–H groups in total. The zero-order valence-corrected chi connectivity index (χ0v) is 10.8. The average Bonchev–Trinajstić information content (AvgIpc) is 2.28. The van der Waals surface area contributed by atoms with E-state index in [1.165, 1.54) is 14.0 Å². The number of rotatable bonds is 5. The van der Waals surface area contributed by atoms with E-state index in [0.717, 1.165) is 0 Å². The Morgan fingerprint density at radius 3 is 2.33 bits per heavy atom. The smallest absolute Gasteiger partial charge is 0.406 e. The molecule has 0 heterocycles. The third kappa shape index (κ3) is 3.16. The number of halogens is 3. The van der Waals surface area contributed by atoms with Crippen molar-refractivity contribution in [2.24, 2.45) is 0 Å². The zero-order valence-electron chi connectivity index (χ0n) is 10.8. The van der Waals surface area contributed by atoms with Crippen LogP contribution in [0.2, 0.25) is 0 Å². The van der Waals surface area contributed by atoms with Crippen LogP contribution in [-0.2, 0) is 6.42 Å². The predicted molar refractivity (Wildman–Crippen MR) is 64.8 cm³/mol. The predicted octanol–water partition coefficient (Wildman–Crippen LogP) is 3.17. The van der Waals surface area contributed by atoms with Gasteiger partial charge >= 0.3 is 6.18 Å². The van der Waals surface area contributed by atoms with Crippen molar-refractivity contribution in [3.8, 4) is 5.75 Å². The Hall–Kier alpha value is -1.23. The lowest BCUT2D eigenvalue weighted by molar-refractivity contribution is -0.191. The molecule has 0 aromatic heterocycles. The van der Waals surface area contributed by atoms with Crippen molar-refractivity contribution in [2.45, 2.75) is 32.0 Å². The van der Waals surface area contributed by atoms with E-state index in [-0.39, 0.29) is 13.0 Å². The van der Waals surface area contributed by atoms with E-state index in [1.807, 2.05) is 0 Å². The summed E-state index contributed by atoms with van der Waals surface area (Å²) in [6.07, 6.45) is -4.47. The molecule has 18 heavy (non-hydrogen) atoms. The Balaban J connectivity index is 3.04. The number of ether oxygens (including phenoxy) is 1. The standard InChI is InChI=1S/C13H18F3NO/c1-4-17-12(2,13(14,15)16)9-10-7-5-6-8-11(10)18-3/h5-8,17H,4,9H2,1-3H3. The number of hydrogen-bond acceptors (Lipinski definition) is 2. The summed E-state index contributed by atoms with van der Waals surface area (Å²) in [5.41, 5.74) is -1.41. The van der Waals surface area contributed by atoms with Gasteiger partial charge in [-0.1, -0.05) is 25.1 Å². The highest BCUT2D eigenvalue weighted by Crippen LogP contribution is 2.35. The summed E-state index contributed by atoms with van der Waals surface area (Å²) in [6, 6.07) is 6.76. The fourth-order valence-corrected chi connectivity index (χ4v) is 1.88. The molecular formula is C13H18F3NO. The van der Waals surface area contributed by atoms with Crippen LogP contribution in [0.3, 0.4) is 0 Å². The minimum absolute atomic E-state index is 0.158. The molecule has 0 amide bonds. The summed E-state index contributed by atoms with van der Waals surface area (Å²) >= 11 is 0. The highest BCUT2D eigenvalue weighted by molar-refractivity contribution is 5.35. The molecule has 1 unspecified atom stereocenters. The number of nitrogens with one attached hydrogen (secondary N) is 1. The van der Waals surface area contributed by atoms with E-state index < -0.39 is 11.7 Å². The van der Waals surface area contributed by atoms with Crippen molar-refractivity contribution in [2.75, 3.05) is 13.7 Å². The van der Waals surface area contributed by atoms with Crippen LogP contribution in [0.15, 0.2) is 24.3 Å². The van der Waals surface area contributed by atoms with Gasteiger partial charge in [0.15, 0.2) is 0 Å². The zero-order chi connectivity index (χ0) is 13.8. The van der Waals surface area contributed by atoms with Crippen LogP contribution in [-0.4, -0.2) is 25.4 Å². The minimum atomic E-state index is -4.32. The van der Waals surface area contributed by atoms with Gasteiger partial charge in [-0.25, -0.2) is 0 Å². The van der Waals surface area contributed by atoms with Crippen molar-refractivity contribution in [1.82, 2.24) is 5.32 Å². The Morgan fingerprint density at radius 2 is 1.83 bits per heavy atom. The summed E-state index contributed by atoms with van der Waals surface area (Å²) in [7, 11) is 1.46. The summed E-state index contributed by atoms with van der Waals surface area (Å²) in [6.45, 7) is 3.08. The maximum atomic E-state index is 13.1. The topological polar surface area (TPSA) is 21.3 Å². The molecule has 102 valence electrons. The van der Waals surface area contributed by atoms with E-state index in [2.05, 4.69) is 5.32 Å². The van der Waals surface area contributed by atoms with Gasteiger partial charge in [-0.3, -0.25) is 0 Å². The number of likely N-dealkylation sites (N-methyl/N-ethyl adjacent to an activating group) is 1. The second-order valence-corrected chi connectivity index (χ2v) is 4.35. The molecule has 0 saturated heterocycles. The number of hydrogen-bond donors (Lipinski definition) is 1. The van der Waals surface area contributed by atoms with E-state index in [9.17, 15) is 13.2 Å². The third-order valence-corrected chi connectivity index (χ3v) is 2.93. The fraction of sp³-hybridized carbons (Fsp3) is 0.538. The van der Waals surface area contributed by atoms with Crippen molar-refractivity contribution >= 4 is 0 Å². The molecule has 1 aromatic carbocycles. The summed E-state index contributed by atoms with van der Waals surface area (Å²) in [5.74, 6) is 0.478. The van der Waals surface area contributed by atoms with Crippen LogP contribution >= 0.6 is 0 Å². The summed E-state index contributed by atoms with van der Waals surface area (Å²) in [4.78, 5) is 0. The Labute approximate surface area is 105 Å². The Bertz CT molecular complexity index is 392. The van der Waals surface area contributed by atoms with Gasteiger partial charge < -0.3 is 10.1 Å². The van der Waals surface area contributed by atoms with Crippen molar-refractivity contribution < 1.29 is 17.9 Å². The van der Waals surface area contributed by atoms with E-state index in [0.29, 0.717) is 11.3 Å². The maximum absolute atomic E-state index is 13.1. The van der Waals surface area contributed by atoms with Gasteiger partial charge in [0.25, 0.3) is 0 Å². The first-order valence-electron chi connectivity index (χ1n) is 5.77. The molecule has 0 bridgehead atoms. The SMILES string of the molecule is CCNC(C)(Cc1ccccc1OC)C(F)(F)F. The average molecular weight is 261 g/mol. The summed E-state index contributed by atoms with van der Waals surface area (Å²) < 4.78 is 44.4. The molecule has 5 heteroatoms. The van der Waals surface area contributed by atoms with Gasteiger partial charge in [-0.2, -0.15) is 13.2 Å². The first kappa shape index (κ1) is 14.8. The molecule has 1 rings (SSSR count). The van der Waals surface area contributed by atoms with Crippen molar-refractivity contribution in [1.29, 1.82) is 0 Å². The second kappa shape index (κ2) is 5.61. The lowest BCUT2D eigenvalue weighted by atomic mass is 9.91. The van der Waals surface area contributed by atoms with Crippen LogP contribution in [0.25, 0.3) is 0 Å². The lowest BCUT2D eigenvalue weighted by Crippen LogP contribution is -2.56. The molecule has 2 nitrogen and oxygen atoms in total. The largest absolute Gasteiger partial charge is 0.496 e. The third-order valence-electron chi connectivity index (χ3n) is 2.93. The molecule has 0 saturated carbocycles. The maximum Gasteiger partial charge on any atom is 0.406 e.